The Morgan fingerprint density at radius 3 is 2.81 bits per heavy atom. The topological polar surface area (TPSA) is 67.6 Å². The van der Waals surface area contributed by atoms with Gasteiger partial charge in [0.2, 0.25) is 0 Å². The summed E-state index contributed by atoms with van der Waals surface area (Å²) in [7, 11) is 1.96. The largest absolute Gasteiger partial charge is 0.491 e. The van der Waals surface area contributed by atoms with Crippen molar-refractivity contribution >= 4 is 11.4 Å². The average Bonchev–Trinajstić information content (AvgIpc) is 2.90. The zero-order valence-electron chi connectivity index (χ0n) is 12.8. The fourth-order valence-corrected chi connectivity index (χ4v) is 2.58. The zero-order chi connectivity index (χ0) is 15.4. The molecule has 1 heterocycles. The summed E-state index contributed by atoms with van der Waals surface area (Å²) in [5.74, 6) is 0.542. The maximum Gasteiger partial charge on any atom is 0.275 e. The lowest BCUT2D eigenvalue weighted by Crippen LogP contribution is -2.35. The molecule has 1 N–H and O–H groups in total. The summed E-state index contributed by atoms with van der Waals surface area (Å²) < 4.78 is 5.62. The van der Waals surface area contributed by atoms with E-state index < -0.39 is 0 Å². The van der Waals surface area contributed by atoms with Gasteiger partial charge in [-0.1, -0.05) is 0 Å². The Labute approximate surface area is 125 Å². The summed E-state index contributed by atoms with van der Waals surface area (Å²) in [4.78, 5) is 12.7. The lowest BCUT2D eigenvalue weighted by molar-refractivity contribution is -0.384. The third-order valence-electron chi connectivity index (χ3n) is 3.56. The van der Waals surface area contributed by atoms with Crippen molar-refractivity contribution in [2.24, 2.45) is 0 Å². The predicted octanol–water partition coefficient (Wildman–Crippen LogP) is 2.57. The maximum atomic E-state index is 11.1. The Hall–Kier alpha value is -1.82. The molecule has 1 saturated heterocycles. The van der Waals surface area contributed by atoms with Gasteiger partial charge in [-0.25, -0.2) is 0 Å². The van der Waals surface area contributed by atoms with E-state index in [9.17, 15) is 10.1 Å². The fourth-order valence-electron chi connectivity index (χ4n) is 2.58. The number of hydrogen-bond donors (Lipinski definition) is 1. The van der Waals surface area contributed by atoms with Crippen LogP contribution in [-0.2, 0) is 0 Å². The Balaban J connectivity index is 2.19. The van der Waals surface area contributed by atoms with E-state index in [4.69, 9.17) is 4.74 Å². The van der Waals surface area contributed by atoms with Gasteiger partial charge in [-0.05, 0) is 33.2 Å². The molecule has 1 aliphatic heterocycles. The zero-order valence-corrected chi connectivity index (χ0v) is 12.8. The number of rotatable bonds is 6. The number of anilines is 1. The summed E-state index contributed by atoms with van der Waals surface area (Å²) in [5, 5.41) is 14.5. The number of nitro groups is 1. The van der Waals surface area contributed by atoms with Gasteiger partial charge in [-0.3, -0.25) is 10.1 Å². The van der Waals surface area contributed by atoms with Crippen LogP contribution >= 0.6 is 0 Å². The van der Waals surface area contributed by atoms with Crippen LogP contribution in [0.3, 0.4) is 0 Å². The van der Waals surface area contributed by atoms with Gasteiger partial charge in [0.25, 0.3) is 5.69 Å². The lowest BCUT2D eigenvalue weighted by Gasteiger charge is -2.24. The highest BCUT2D eigenvalue weighted by molar-refractivity contribution is 5.57. The van der Waals surface area contributed by atoms with E-state index in [1.807, 2.05) is 31.9 Å². The monoisotopic (exact) mass is 293 g/mol. The molecule has 1 aromatic carbocycles. The third-order valence-corrected chi connectivity index (χ3v) is 3.56. The summed E-state index contributed by atoms with van der Waals surface area (Å²) in [6.45, 7) is 5.70. The molecular formula is C15H23N3O3. The minimum Gasteiger partial charge on any atom is -0.491 e. The first-order valence-electron chi connectivity index (χ1n) is 7.36. The first kappa shape index (κ1) is 15.6. The number of hydrogen-bond acceptors (Lipinski definition) is 5. The van der Waals surface area contributed by atoms with Crippen molar-refractivity contribution in [1.29, 1.82) is 0 Å². The summed E-state index contributed by atoms with van der Waals surface area (Å²) in [6.07, 6.45) is 2.32. The van der Waals surface area contributed by atoms with E-state index >= 15 is 0 Å². The van der Waals surface area contributed by atoms with Gasteiger partial charge >= 0.3 is 0 Å². The molecule has 0 aromatic heterocycles. The quantitative estimate of drug-likeness (QED) is 0.645. The van der Waals surface area contributed by atoms with E-state index in [0.717, 1.165) is 25.2 Å². The fraction of sp³-hybridized carbons (Fsp3) is 0.600. The average molecular weight is 293 g/mol. The number of likely N-dealkylation sites (N-methyl/N-ethyl adjacent to an activating group) is 1. The van der Waals surface area contributed by atoms with E-state index in [-0.39, 0.29) is 16.7 Å². The van der Waals surface area contributed by atoms with Gasteiger partial charge < -0.3 is 15.0 Å². The molecule has 0 bridgehead atoms. The second-order valence-corrected chi connectivity index (χ2v) is 5.78. The van der Waals surface area contributed by atoms with Crippen molar-refractivity contribution < 1.29 is 9.66 Å². The van der Waals surface area contributed by atoms with Gasteiger partial charge in [0.15, 0.2) is 0 Å². The number of ether oxygens (including phenoxy) is 1. The van der Waals surface area contributed by atoms with Crippen molar-refractivity contribution in [3.05, 3.63) is 28.3 Å². The van der Waals surface area contributed by atoms with Gasteiger partial charge in [0.1, 0.15) is 5.75 Å². The molecule has 1 fully saturated rings. The molecule has 6 heteroatoms. The summed E-state index contributed by atoms with van der Waals surface area (Å²) in [6, 6.07) is 5.39. The van der Waals surface area contributed by atoms with E-state index in [2.05, 4.69) is 5.32 Å². The molecule has 116 valence electrons. The molecule has 1 unspecified atom stereocenters. The van der Waals surface area contributed by atoms with Crippen LogP contribution in [0.1, 0.15) is 26.7 Å². The van der Waals surface area contributed by atoms with E-state index in [1.54, 1.807) is 6.07 Å². The van der Waals surface area contributed by atoms with Crippen LogP contribution in [0.4, 0.5) is 11.4 Å². The Morgan fingerprint density at radius 2 is 2.24 bits per heavy atom. The molecule has 2 rings (SSSR count). The smallest absolute Gasteiger partial charge is 0.275 e. The molecule has 0 amide bonds. The summed E-state index contributed by atoms with van der Waals surface area (Å²) in [5.41, 5.74) is 0.878. The van der Waals surface area contributed by atoms with E-state index in [0.29, 0.717) is 11.8 Å². The molecule has 0 spiro atoms. The molecule has 0 aliphatic carbocycles. The second kappa shape index (κ2) is 6.76. The van der Waals surface area contributed by atoms with Crippen LogP contribution < -0.4 is 15.0 Å². The molecule has 0 radical (unpaired) electrons. The highest BCUT2D eigenvalue weighted by Crippen LogP contribution is 2.29. The third kappa shape index (κ3) is 4.32. The second-order valence-electron chi connectivity index (χ2n) is 5.78. The molecule has 1 aliphatic rings. The van der Waals surface area contributed by atoms with Gasteiger partial charge in [-0.2, -0.15) is 0 Å². The van der Waals surface area contributed by atoms with Crippen molar-refractivity contribution in [2.45, 2.75) is 38.8 Å². The highest BCUT2D eigenvalue weighted by Gasteiger charge is 2.18. The molecule has 21 heavy (non-hydrogen) atoms. The number of nitrogens with one attached hydrogen (secondary N) is 1. The van der Waals surface area contributed by atoms with Crippen LogP contribution in [0.5, 0.6) is 5.75 Å². The lowest BCUT2D eigenvalue weighted by atomic mass is 10.2. The maximum absolute atomic E-state index is 11.1. The number of benzene rings is 1. The van der Waals surface area contributed by atoms with Crippen LogP contribution in [0.2, 0.25) is 0 Å². The number of non-ortho nitro benzene ring substituents is 1. The van der Waals surface area contributed by atoms with E-state index in [1.165, 1.54) is 12.5 Å². The van der Waals surface area contributed by atoms with Gasteiger partial charge in [0, 0.05) is 37.5 Å². The van der Waals surface area contributed by atoms with Gasteiger partial charge in [0.05, 0.1) is 17.1 Å². The van der Waals surface area contributed by atoms with Crippen molar-refractivity contribution in [3.8, 4) is 5.75 Å². The summed E-state index contributed by atoms with van der Waals surface area (Å²) >= 11 is 0. The Bertz CT molecular complexity index is 499. The normalized spacial score (nSPS) is 18.0. The number of nitrogens with zero attached hydrogens (tertiary/aromatic N) is 2. The van der Waals surface area contributed by atoms with Crippen molar-refractivity contribution in [2.75, 3.05) is 25.0 Å². The molecule has 1 atom stereocenters. The van der Waals surface area contributed by atoms with Crippen molar-refractivity contribution in [3.63, 3.8) is 0 Å². The Kier molecular flexibility index (Phi) is 5.01. The molecule has 1 aromatic rings. The minimum absolute atomic E-state index is 0.0124. The van der Waals surface area contributed by atoms with Crippen LogP contribution in [0.15, 0.2) is 18.2 Å². The standard InChI is InChI=1S/C15H23N3O3/c1-11(2)21-15-8-13(7-14(9-15)18(19)20)17(3)10-12-5-4-6-16-12/h7-9,11-12,16H,4-6,10H2,1-3H3. The SMILES string of the molecule is CC(C)Oc1cc(N(C)CC2CCCN2)cc([N+](=O)[O-])c1. The Morgan fingerprint density at radius 1 is 1.48 bits per heavy atom. The van der Waals surface area contributed by atoms with Crippen LogP contribution in [-0.4, -0.2) is 37.2 Å². The minimum atomic E-state index is -0.377. The van der Waals surface area contributed by atoms with Crippen LogP contribution in [0.25, 0.3) is 0 Å². The first-order chi connectivity index (χ1) is 9.95. The number of nitro benzene ring substituents is 1. The first-order valence-corrected chi connectivity index (χ1v) is 7.36. The van der Waals surface area contributed by atoms with Crippen molar-refractivity contribution in [1.82, 2.24) is 5.32 Å². The molecular weight excluding hydrogens is 270 g/mol. The van der Waals surface area contributed by atoms with Crippen LogP contribution in [0, 0.1) is 10.1 Å². The predicted molar refractivity (Wildman–Crippen MR) is 83.2 cm³/mol. The molecule has 6 nitrogen and oxygen atoms in total. The van der Waals surface area contributed by atoms with Gasteiger partial charge in [-0.15, -0.1) is 0 Å². The molecule has 0 saturated carbocycles. The highest BCUT2D eigenvalue weighted by atomic mass is 16.6.